The topological polar surface area (TPSA) is 103 Å². The van der Waals surface area contributed by atoms with Crippen LogP contribution < -0.4 is 5.48 Å². The Morgan fingerprint density at radius 2 is 2.14 bits per heavy atom. The fourth-order valence-corrected chi connectivity index (χ4v) is 6.36. The number of fused-ring (bicyclic) bond motifs is 2. The molecular formula is C19H21FN4O4S. The summed E-state index contributed by atoms with van der Waals surface area (Å²) in [6.07, 6.45) is 2.06. The fraction of sp³-hybridized carbons (Fsp3) is 0.368. The second kappa shape index (κ2) is 7.13. The summed E-state index contributed by atoms with van der Waals surface area (Å²) in [5.41, 5.74) is 1.24. The van der Waals surface area contributed by atoms with Crippen LogP contribution >= 0.6 is 0 Å². The molecule has 2 fully saturated rings. The van der Waals surface area contributed by atoms with E-state index in [1.807, 2.05) is 11.9 Å². The number of carbonyl (C=O) groups excluding carboxylic acids is 1. The molecule has 1 aromatic heterocycles. The van der Waals surface area contributed by atoms with Crippen LogP contribution in [0, 0.1) is 5.82 Å². The lowest BCUT2D eigenvalue weighted by atomic mass is 9.96. The van der Waals surface area contributed by atoms with Crippen LogP contribution in [0.1, 0.15) is 12.8 Å². The van der Waals surface area contributed by atoms with Gasteiger partial charge >= 0.3 is 0 Å². The van der Waals surface area contributed by atoms with Crippen molar-refractivity contribution in [3.8, 4) is 11.3 Å². The third-order valence-corrected chi connectivity index (χ3v) is 7.64. The highest BCUT2D eigenvalue weighted by molar-refractivity contribution is 7.89. The second-order valence-electron chi connectivity index (χ2n) is 7.55. The zero-order chi connectivity index (χ0) is 20.8. The van der Waals surface area contributed by atoms with Crippen LogP contribution in [0.25, 0.3) is 11.3 Å². The van der Waals surface area contributed by atoms with Crippen LogP contribution in [0.5, 0.6) is 0 Å². The van der Waals surface area contributed by atoms with Crippen LogP contribution in [-0.4, -0.2) is 65.4 Å². The highest BCUT2D eigenvalue weighted by atomic mass is 32.2. The minimum Gasteiger partial charge on any atom is -0.302 e. The molecule has 2 saturated heterocycles. The molecule has 3 heterocycles. The number of hydroxylamine groups is 1. The van der Waals surface area contributed by atoms with Gasteiger partial charge in [0.05, 0.1) is 5.69 Å². The van der Waals surface area contributed by atoms with Gasteiger partial charge < -0.3 is 4.90 Å². The largest absolute Gasteiger partial charge is 0.302 e. The molecular weight excluding hydrogens is 399 g/mol. The fourth-order valence-electron chi connectivity index (χ4n) is 4.45. The van der Waals surface area contributed by atoms with Crippen LogP contribution in [0.4, 0.5) is 4.39 Å². The number of likely N-dealkylation sites (N-methyl/N-ethyl adjacent to an activating group) is 1. The van der Waals surface area contributed by atoms with Crippen molar-refractivity contribution in [3.63, 3.8) is 0 Å². The maximum atomic E-state index is 13.4. The van der Waals surface area contributed by atoms with Gasteiger partial charge in [-0.25, -0.2) is 18.3 Å². The number of aromatic nitrogens is 1. The lowest BCUT2D eigenvalue weighted by molar-refractivity contribution is -0.141. The zero-order valence-corrected chi connectivity index (χ0v) is 16.6. The molecule has 0 spiro atoms. The van der Waals surface area contributed by atoms with E-state index in [-0.39, 0.29) is 17.5 Å². The van der Waals surface area contributed by atoms with Crippen molar-refractivity contribution in [2.45, 2.75) is 29.3 Å². The van der Waals surface area contributed by atoms with E-state index in [2.05, 4.69) is 4.98 Å². The summed E-state index contributed by atoms with van der Waals surface area (Å²) in [7, 11) is -2.23. The molecule has 2 aliphatic rings. The summed E-state index contributed by atoms with van der Waals surface area (Å²) in [5, 5.41) is 9.24. The summed E-state index contributed by atoms with van der Waals surface area (Å²) < 4.78 is 41.5. The highest BCUT2D eigenvalue weighted by Crippen LogP contribution is 2.42. The van der Waals surface area contributed by atoms with Crippen LogP contribution in [0.3, 0.4) is 0 Å². The van der Waals surface area contributed by atoms with Gasteiger partial charge in [-0.05, 0) is 44.2 Å². The van der Waals surface area contributed by atoms with Gasteiger partial charge in [0.15, 0.2) is 0 Å². The van der Waals surface area contributed by atoms with Crippen molar-refractivity contribution in [1.29, 1.82) is 0 Å². The van der Waals surface area contributed by atoms with Gasteiger partial charge in [0.2, 0.25) is 10.0 Å². The number of pyridine rings is 1. The Labute approximate surface area is 168 Å². The number of carbonyl (C=O) groups is 1. The minimum absolute atomic E-state index is 0.0516. The first-order valence-electron chi connectivity index (χ1n) is 9.17. The third-order valence-electron chi connectivity index (χ3n) is 5.64. The number of benzene rings is 1. The lowest BCUT2D eigenvalue weighted by Crippen LogP contribution is -2.67. The van der Waals surface area contributed by atoms with Gasteiger partial charge in [-0.1, -0.05) is 12.1 Å². The number of amides is 1. The van der Waals surface area contributed by atoms with Gasteiger partial charge in [0.1, 0.15) is 16.3 Å². The standard InChI is InChI=1S/C19H21FN4O4S/c1-23-11-15-7-8-19(12-23,18(25)22-26)24(15)29(27,28)16-5-6-17(21-10-16)13-3-2-4-14(20)9-13/h2-6,9-10,15,26H,7-8,11-12H2,1H3,(H,22,25). The van der Waals surface area contributed by atoms with Crippen LogP contribution in [0.15, 0.2) is 47.5 Å². The number of hydrogen-bond acceptors (Lipinski definition) is 6. The van der Waals surface area contributed by atoms with Gasteiger partial charge in [0, 0.05) is 30.9 Å². The number of nitrogens with one attached hydrogen (secondary N) is 1. The molecule has 0 aliphatic carbocycles. The van der Waals surface area contributed by atoms with E-state index in [0.29, 0.717) is 30.6 Å². The number of rotatable bonds is 4. The third kappa shape index (κ3) is 3.21. The summed E-state index contributed by atoms with van der Waals surface area (Å²) in [6, 6.07) is 8.41. The predicted octanol–water partition coefficient (Wildman–Crippen LogP) is 1.23. The van der Waals surface area contributed by atoms with Gasteiger partial charge in [-0.3, -0.25) is 15.0 Å². The summed E-state index contributed by atoms with van der Waals surface area (Å²) in [6.45, 7) is 0.679. The number of halogens is 1. The predicted molar refractivity (Wildman–Crippen MR) is 102 cm³/mol. The van der Waals surface area contributed by atoms with E-state index in [9.17, 15) is 22.8 Å². The maximum absolute atomic E-state index is 13.4. The molecule has 2 bridgehead atoms. The van der Waals surface area contributed by atoms with E-state index >= 15 is 0 Å². The lowest BCUT2D eigenvalue weighted by Gasteiger charge is -2.45. The number of likely N-dealkylation sites (tertiary alicyclic amines) is 1. The molecule has 10 heteroatoms. The Bertz CT molecular complexity index is 1050. The van der Waals surface area contributed by atoms with Crippen LogP contribution in [0.2, 0.25) is 0 Å². The normalized spacial score (nSPS) is 25.1. The van der Waals surface area contributed by atoms with Crippen molar-refractivity contribution in [3.05, 3.63) is 48.4 Å². The molecule has 4 rings (SSSR count). The summed E-state index contributed by atoms with van der Waals surface area (Å²) in [5.74, 6) is -1.15. The first-order valence-corrected chi connectivity index (χ1v) is 10.6. The first kappa shape index (κ1) is 19.9. The average molecular weight is 420 g/mol. The van der Waals surface area contributed by atoms with Crippen molar-refractivity contribution in [2.24, 2.45) is 0 Å². The van der Waals surface area contributed by atoms with Crippen molar-refractivity contribution in [1.82, 2.24) is 19.7 Å². The number of nitrogens with zero attached hydrogens (tertiary/aromatic N) is 3. The van der Waals surface area contributed by atoms with Gasteiger partial charge in [0.25, 0.3) is 5.91 Å². The monoisotopic (exact) mass is 420 g/mol. The molecule has 154 valence electrons. The average Bonchev–Trinajstić information content (AvgIpc) is 2.97. The Balaban J connectivity index is 1.72. The molecule has 0 saturated carbocycles. The molecule has 2 N–H and O–H groups in total. The maximum Gasteiger partial charge on any atom is 0.266 e. The Kier molecular flexibility index (Phi) is 4.89. The van der Waals surface area contributed by atoms with E-state index in [1.54, 1.807) is 17.6 Å². The SMILES string of the molecule is CN1CC2CCC(C(=O)NO)(C1)N2S(=O)(=O)c1ccc(-c2cccc(F)c2)nc1. The minimum atomic E-state index is -4.04. The molecule has 2 aliphatic heterocycles. The van der Waals surface area contributed by atoms with Crippen molar-refractivity contribution >= 4 is 15.9 Å². The first-order chi connectivity index (χ1) is 13.8. The smallest absolute Gasteiger partial charge is 0.266 e. The van der Waals surface area contributed by atoms with Crippen LogP contribution in [-0.2, 0) is 14.8 Å². The Hall–Kier alpha value is -2.40. The molecule has 29 heavy (non-hydrogen) atoms. The summed E-state index contributed by atoms with van der Waals surface area (Å²) >= 11 is 0. The van der Waals surface area contributed by atoms with E-state index < -0.39 is 27.3 Å². The van der Waals surface area contributed by atoms with E-state index in [0.717, 1.165) is 0 Å². The Morgan fingerprint density at radius 1 is 1.34 bits per heavy atom. The second-order valence-corrected chi connectivity index (χ2v) is 9.37. The highest BCUT2D eigenvalue weighted by Gasteiger charge is 2.60. The van der Waals surface area contributed by atoms with Gasteiger partial charge in [-0.15, -0.1) is 0 Å². The molecule has 2 unspecified atom stereocenters. The summed E-state index contributed by atoms with van der Waals surface area (Å²) in [4.78, 5) is 18.5. The van der Waals surface area contributed by atoms with Crippen molar-refractivity contribution < 1.29 is 22.8 Å². The molecule has 2 atom stereocenters. The molecule has 0 radical (unpaired) electrons. The number of hydrogen-bond donors (Lipinski definition) is 2. The number of piperazine rings is 1. The quantitative estimate of drug-likeness (QED) is 0.570. The molecule has 1 amide bonds. The zero-order valence-electron chi connectivity index (χ0n) is 15.7. The molecule has 2 aromatic rings. The number of sulfonamides is 1. The molecule has 8 nitrogen and oxygen atoms in total. The van der Waals surface area contributed by atoms with E-state index in [1.165, 1.54) is 34.8 Å². The van der Waals surface area contributed by atoms with E-state index in [4.69, 9.17) is 0 Å². The Morgan fingerprint density at radius 3 is 2.79 bits per heavy atom. The van der Waals surface area contributed by atoms with Gasteiger partial charge in [-0.2, -0.15) is 4.31 Å². The van der Waals surface area contributed by atoms with Crippen molar-refractivity contribution in [2.75, 3.05) is 20.1 Å². The molecule has 1 aromatic carbocycles.